The van der Waals surface area contributed by atoms with Gasteiger partial charge in [0, 0.05) is 6.20 Å². The second-order valence-electron chi connectivity index (χ2n) is 4.71. The highest BCUT2D eigenvalue weighted by Gasteiger charge is 2.32. The van der Waals surface area contributed by atoms with E-state index in [0.29, 0.717) is 5.56 Å². The summed E-state index contributed by atoms with van der Waals surface area (Å²) in [5.74, 6) is -1.75. The molecule has 2 aromatic rings. The molecule has 1 amide bonds. The number of hydrogen-bond acceptors (Lipinski definition) is 2. The lowest BCUT2D eigenvalue weighted by Gasteiger charge is -2.15. The highest BCUT2D eigenvalue weighted by atomic mass is 19.4. The van der Waals surface area contributed by atoms with Crippen LogP contribution in [0.1, 0.15) is 28.3 Å². The van der Waals surface area contributed by atoms with Crippen molar-refractivity contribution in [3.63, 3.8) is 0 Å². The van der Waals surface area contributed by atoms with E-state index in [2.05, 4.69) is 4.98 Å². The molecule has 0 fully saturated rings. The topological polar surface area (TPSA) is 56.0 Å². The molecule has 0 aliphatic heterocycles. The van der Waals surface area contributed by atoms with E-state index < -0.39 is 23.6 Å². The Morgan fingerprint density at radius 1 is 1.19 bits per heavy atom. The zero-order chi connectivity index (χ0) is 15.6. The van der Waals surface area contributed by atoms with E-state index >= 15 is 0 Å². The molecule has 21 heavy (non-hydrogen) atoms. The first-order valence-electron chi connectivity index (χ1n) is 6.18. The van der Waals surface area contributed by atoms with Crippen LogP contribution in [0.4, 0.5) is 13.2 Å². The minimum atomic E-state index is -4.49. The van der Waals surface area contributed by atoms with Crippen molar-refractivity contribution in [3.8, 4) is 0 Å². The van der Waals surface area contributed by atoms with Gasteiger partial charge in [0.25, 0.3) is 0 Å². The van der Waals surface area contributed by atoms with Crippen LogP contribution < -0.4 is 5.73 Å². The van der Waals surface area contributed by atoms with Crippen molar-refractivity contribution in [1.82, 2.24) is 4.98 Å². The third-order valence-corrected chi connectivity index (χ3v) is 3.10. The summed E-state index contributed by atoms with van der Waals surface area (Å²) in [7, 11) is 0. The van der Waals surface area contributed by atoms with Gasteiger partial charge in [0.05, 0.1) is 11.3 Å². The predicted molar refractivity (Wildman–Crippen MR) is 71.5 cm³/mol. The van der Waals surface area contributed by atoms with E-state index in [-0.39, 0.29) is 5.69 Å². The standard InChI is InChI=1S/C15H13F3N2O/c1-9-2-4-10(5-3-9)13(14(19)21)12-8-11(6-7-20-12)15(16,17)18/h2-8,13H,1H3,(H2,19,21). The molecular weight excluding hydrogens is 281 g/mol. The van der Waals surface area contributed by atoms with Crippen LogP contribution in [-0.2, 0) is 11.0 Å². The summed E-state index contributed by atoms with van der Waals surface area (Å²) in [5.41, 5.74) is 5.95. The minimum Gasteiger partial charge on any atom is -0.369 e. The lowest BCUT2D eigenvalue weighted by molar-refractivity contribution is -0.137. The maximum Gasteiger partial charge on any atom is 0.416 e. The molecule has 0 radical (unpaired) electrons. The zero-order valence-electron chi connectivity index (χ0n) is 11.2. The largest absolute Gasteiger partial charge is 0.416 e. The molecule has 2 N–H and O–H groups in total. The Morgan fingerprint density at radius 3 is 2.33 bits per heavy atom. The van der Waals surface area contributed by atoms with E-state index in [1.165, 1.54) is 0 Å². The average molecular weight is 294 g/mol. The van der Waals surface area contributed by atoms with E-state index in [1.54, 1.807) is 24.3 Å². The van der Waals surface area contributed by atoms with Crippen LogP contribution in [0.2, 0.25) is 0 Å². The van der Waals surface area contributed by atoms with Crippen molar-refractivity contribution in [2.24, 2.45) is 5.73 Å². The lowest BCUT2D eigenvalue weighted by atomic mass is 9.93. The average Bonchev–Trinajstić information content (AvgIpc) is 2.40. The highest BCUT2D eigenvalue weighted by molar-refractivity contribution is 5.85. The normalized spacial score (nSPS) is 13.0. The molecule has 0 saturated heterocycles. The summed E-state index contributed by atoms with van der Waals surface area (Å²) in [4.78, 5) is 15.5. The number of aromatic nitrogens is 1. The number of benzene rings is 1. The Labute approximate surface area is 119 Å². The van der Waals surface area contributed by atoms with Gasteiger partial charge in [0.2, 0.25) is 5.91 Å². The molecule has 110 valence electrons. The molecule has 0 aliphatic carbocycles. The fraction of sp³-hybridized carbons (Fsp3) is 0.200. The Balaban J connectivity index is 2.49. The number of carbonyl (C=O) groups excluding carboxylic acids is 1. The summed E-state index contributed by atoms with van der Waals surface area (Å²) in [6, 6.07) is 8.56. The number of alkyl halides is 3. The van der Waals surface area contributed by atoms with Crippen LogP contribution in [0.15, 0.2) is 42.6 Å². The fourth-order valence-electron chi connectivity index (χ4n) is 2.02. The van der Waals surface area contributed by atoms with E-state index in [1.807, 2.05) is 6.92 Å². The molecule has 0 spiro atoms. The number of pyridine rings is 1. The van der Waals surface area contributed by atoms with Crippen LogP contribution in [0.5, 0.6) is 0 Å². The van der Waals surface area contributed by atoms with Gasteiger partial charge in [0.15, 0.2) is 0 Å². The summed E-state index contributed by atoms with van der Waals surface area (Å²) in [5, 5.41) is 0. The van der Waals surface area contributed by atoms with E-state index in [0.717, 1.165) is 23.9 Å². The van der Waals surface area contributed by atoms with Crippen molar-refractivity contribution in [2.45, 2.75) is 19.0 Å². The summed E-state index contributed by atoms with van der Waals surface area (Å²) < 4.78 is 38.2. The second-order valence-corrected chi connectivity index (χ2v) is 4.71. The SMILES string of the molecule is Cc1ccc(C(C(N)=O)c2cc(C(F)(F)F)ccn2)cc1. The fourth-order valence-corrected chi connectivity index (χ4v) is 2.02. The molecule has 0 saturated carbocycles. The van der Waals surface area contributed by atoms with Gasteiger partial charge < -0.3 is 5.73 Å². The zero-order valence-corrected chi connectivity index (χ0v) is 11.2. The molecule has 2 rings (SSSR count). The van der Waals surface area contributed by atoms with Crippen LogP contribution >= 0.6 is 0 Å². The van der Waals surface area contributed by atoms with Crippen molar-refractivity contribution in [2.75, 3.05) is 0 Å². The van der Waals surface area contributed by atoms with Gasteiger partial charge in [0.1, 0.15) is 5.92 Å². The van der Waals surface area contributed by atoms with Gasteiger partial charge in [-0.05, 0) is 24.6 Å². The van der Waals surface area contributed by atoms with Crippen LogP contribution in [-0.4, -0.2) is 10.9 Å². The maximum atomic E-state index is 12.7. The predicted octanol–water partition coefficient (Wildman–Crippen LogP) is 3.03. The first-order chi connectivity index (χ1) is 9.79. The number of nitrogens with two attached hydrogens (primary N) is 1. The lowest BCUT2D eigenvalue weighted by Crippen LogP contribution is -2.23. The van der Waals surface area contributed by atoms with Crippen LogP contribution in [0.25, 0.3) is 0 Å². The van der Waals surface area contributed by atoms with Gasteiger partial charge in [-0.1, -0.05) is 29.8 Å². The number of rotatable bonds is 3. The second kappa shape index (κ2) is 5.55. The number of nitrogens with zero attached hydrogens (tertiary/aromatic N) is 1. The maximum absolute atomic E-state index is 12.7. The van der Waals surface area contributed by atoms with Gasteiger partial charge in [-0.15, -0.1) is 0 Å². The number of amides is 1. The minimum absolute atomic E-state index is 0.0128. The smallest absolute Gasteiger partial charge is 0.369 e. The molecule has 1 aromatic carbocycles. The van der Waals surface area contributed by atoms with E-state index in [9.17, 15) is 18.0 Å². The Bertz CT molecular complexity index is 651. The third-order valence-electron chi connectivity index (χ3n) is 3.10. The number of carbonyl (C=O) groups is 1. The number of aryl methyl sites for hydroxylation is 1. The summed E-state index contributed by atoms with van der Waals surface area (Å²) in [6.45, 7) is 1.87. The highest BCUT2D eigenvalue weighted by Crippen LogP contribution is 2.31. The number of halogens is 3. The molecule has 0 aliphatic rings. The summed E-state index contributed by atoms with van der Waals surface area (Å²) >= 11 is 0. The van der Waals surface area contributed by atoms with Crippen molar-refractivity contribution >= 4 is 5.91 Å². The molecule has 1 aromatic heterocycles. The molecule has 6 heteroatoms. The Morgan fingerprint density at radius 2 is 1.81 bits per heavy atom. The quantitative estimate of drug-likeness (QED) is 0.946. The van der Waals surface area contributed by atoms with Crippen molar-refractivity contribution in [3.05, 3.63) is 65.0 Å². The van der Waals surface area contributed by atoms with Gasteiger partial charge in [-0.25, -0.2) is 0 Å². The Hall–Kier alpha value is -2.37. The molecule has 1 unspecified atom stereocenters. The monoisotopic (exact) mass is 294 g/mol. The van der Waals surface area contributed by atoms with Crippen LogP contribution in [0.3, 0.4) is 0 Å². The number of primary amides is 1. The van der Waals surface area contributed by atoms with Crippen LogP contribution in [0, 0.1) is 6.92 Å². The molecule has 1 heterocycles. The first-order valence-corrected chi connectivity index (χ1v) is 6.18. The molecule has 3 nitrogen and oxygen atoms in total. The van der Waals surface area contributed by atoms with E-state index in [4.69, 9.17) is 5.73 Å². The number of hydrogen-bond donors (Lipinski definition) is 1. The molecular formula is C15H13F3N2O. The van der Waals surface area contributed by atoms with Gasteiger partial charge in [-0.3, -0.25) is 9.78 Å². The van der Waals surface area contributed by atoms with Gasteiger partial charge in [-0.2, -0.15) is 13.2 Å². The van der Waals surface area contributed by atoms with Crippen molar-refractivity contribution < 1.29 is 18.0 Å². The Kier molecular flexibility index (Phi) is 3.97. The van der Waals surface area contributed by atoms with Gasteiger partial charge >= 0.3 is 6.18 Å². The molecule has 0 bridgehead atoms. The first kappa shape index (κ1) is 15.0. The molecule has 1 atom stereocenters. The van der Waals surface area contributed by atoms with Crippen molar-refractivity contribution in [1.29, 1.82) is 0 Å². The third kappa shape index (κ3) is 3.39. The summed E-state index contributed by atoms with van der Waals surface area (Å²) in [6.07, 6.45) is -3.46.